The molecule has 0 spiro atoms. The Bertz CT molecular complexity index is 760. The van der Waals surface area contributed by atoms with Crippen LogP contribution in [0.5, 0.6) is 5.75 Å². The number of nitrogens with one attached hydrogen (secondary N) is 2. The molecule has 1 rings (SSSR count). The van der Waals surface area contributed by atoms with E-state index in [1.807, 2.05) is 6.92 Å². The van der Waals surface area contributed by atoms with E-state index in [2.05, 4.69) is 10.6 Å². The van der Waals surface area contributed by atoms with Crippen molar-refractivity contribution >= 4 is 17.9 Å². The summed E-state index contributed by atoms with van der Waals surface area (Å²) in [4.78, 5) is 39.0. The van der Waals surface area contributed by atoms with Crippen LogP contribution in [0.2, 0.25) is 0 Å². The second-order valence-corrected chi connectivity index (χ2v) is 8.26. The van der Waals surface area contributed by atoms with E-state index in [0.717, 1.165) is 12.8 Å². The minimum Gasteiger partial charge on any atom is -0.508 e. The van der Waals surface area contributed by atoms with Crippen LogP contribution in [-0.2, 0) is 14.3 Å². The average Bonchev–Trinajstić information content (AvgIpc) is 2.67. The molecule has 0 fully saturated rings. The van der Waals surface area contributed by atoms with E-state index in [-0.39, 0.29) is 18.9 Å². The molecule has 9 heteroatoms. The van der Waals surface area contributed by atoms with Gasteiger partial charge in [0.1, 0.15) is 23.9 Å². The number of unbranched alkanes of at least 4 members (excludes halogenated alkanes) is 1. The average molecular weight is 438 g/mol. The molecule has 31 heavy (non-hydrogen) atoms. The third-order valence-electron chi connectivity index (χ3n) is 4.37. The summed E-state index contributed by atoms with van der Waals surface area (Å²) in [6.45, 7) is 8.37. The van der Waals surface area contributed by atoms with Crippen LogP contribution in [0.1, 0.15) is 57.7 Å². The summed E-state index contributed by atoms with van der Waals surface area (Å²) < 4.78 is 5.14. The van der Waals surface area contributed by atoms with Gasteiger partial charge in [0, 0.05) is 13.1 Å². The van der Waals surface area contributed by atoms with Gasteiger partial charge >= 0.3 is 6.09 Å². The Morgan fingerprint density at radius 2 is 1.87 bits per heavy atom. The third-order valence-corrected chi connectivity index (χ3v) is 4.37. The molecule has 1 atom stereocenters. The quantitative estimate of drug-likeness (QED) is 0.415. The van der Waals surface area contributed by atoms with Crippen molar-refractivity contribution in [2.75, 3.05) is 26.2 Å². The number of carbonyl (C=O) groups excluding carboxylic acids is 3. The zero-order chi connectivity index (χ0) is 23.6. The fourth-order valence-electron chi connectivity index (χ4n) is 2.88. The number of hydrogen-bond acceptors (Lipinski definition) is 6. The van der Waals surface area contributed by atoms with Crippen LogP contribution in [0.4, 0.5) is 4.79 Å². The lowest BCUT2D eigenvalue weighted by molar-refractivity contribution is -0.140. The molecule has 174 valence electrons. The number of aliphatic hydroxyl groups excluding tert-OH is 1. The molecule has 0 saturated carbocycles. The van der Waals surface area contributed by atoms with E-state index in [1.165, 1.54) is 11.0 Å². The van der Waals surface area contributed by atoms with Gasteiger partial charge in [0.05, 0.1) is 6.61 Å². The number of benzene rings is 1. The third kappa shape index (κ3) is 8.84. The Hall–Kier alpha value is -2.81. The molecule has 0 aliphatic carbocycles. The normalized spacial score (nSPS) is 12.1. The fraction of sp³-hybridized carbons (Fsp3) is 0.591. The number of aryl methyl sites for hydroxylation is 1. The highest BCUT2D eigenvalue weighted by atomic mass is 16.6. The number of ether oxygens (including phenoxy) is 1. The topological polar surface area (TPSA) is 128 Å². The van der Waals surface area contributed by atoms with Crippen molar-refractivity contribution in [2.45, 2.75) is 59.1 Å². The van der Waals surface area contributed by atoms with Gasteiger partial charge in [-0.25, -0.2) is 4.79 Å². The second-order valence-electron chi connectivity index (χ2n) is 8.26. The Balaban J connectivity index is 3.13. The molecule has 0 aliphatic heterocycles. The molecule has 0 heterocycles. The maximum absolute atomic E-state index is 13.0. The van der Waals surface area contributed by atoms with Gasteiger partial charge in [0.2, 0.25) is 11.8 Å². The van der Waals surface area contributed by atoms with E-state index in [4.69, 9.17) is 4.74 Å². The molecule has 1 aromatic rings. The van der Waals surface area contributed by atoms with Gasteiger partial charge in [0.25, 0.3) is 0 Å². The highest BCUT2D eigenvalue weighted by molar-refractivity contribution is 5.90. The Labute approximate surface area is 183 Å². The number of alkyl carbamates (subject to hydrolysis) is 1. The zero-order valence-corrected chi connectivity index (χ0v) is 19.0. The largest absolute Gasteiger partial charge is 0.508 e. The number of rotatable bonds is 10. The summed E-state index contributed by atoms with van der Waals surface area (Å²) in [5, 5.41) is 24.6. The van der Waals surface area contributed by atoms with Crippen molar-refractivity contribution in [3.8, 4) is 5.75 Å². The molecule has 1 unspecified atom stereocenters. The van der Waals surface area contributed by atoms with Gasteiger partial charge < -0.3 is 30.5 Å². The van der Waals surface area contributed by atoms with Gasteiger partial charge in [-0.05, 0) is 57.4 Å². The van der Waals surface area contributed by atoms with Crippen LogP contribution >= 0.6 is 0 Å². The summed E-state index contributed by atoms with van der Waals surface area (Å²) in [5.41, 5.74) is 0.318. The van der Waals surface area contributed by atoms with E-state index >= 15 is 0 Å². The molecule has 0 aromatic heterocycles. The molecule has 9 nitrogen and oxygen atoms in total. The predicted molar refractivity (Wildman–Crippen MR) is 117 cm³/mol. The molecule has 0 radical (unpaired) electrons. The van der Waals surface area contributed by atoms with Crippen molar-refractivity contribution in [3.63, 3.8) is 0 Å². The van der Waals surface area contributed by atoms with E-state index < -0.39 is 36.1 Å². The minimum absolute atomic E-state index is 0.0699. The smallest absolute Gasteiger partial charge is 0.408 e. The number of hydrogen-bond donors (Lipinski definition) is 4. The van der Waals surface area contributed by atoms with Crippen LogP contribution in [0.15, 0.2) is 18.2 Å². The Kier molecular flexibility index (Phi) is 10.3. The highest BCUT2D eigenvalue weighted by Crippen LogP contribution is 2.26. The van der Waals surface area contributed by atoms with Crippen molar-refractivity contribution in [1.82, 2.24) is 15.5 Å². The van der Waals surface area contributed by atoms with Crippen LogP contribution in [-0.4, -0.2) is 64.9 Å². The van der Waals surface area contributed by atoms with Gasteiger partial charge in [-0.1, -0.05) is 19.4 Å². The number of nitrogens with zero attached hydrogens (tertiary/aromatic N) is 1. The molecule has 3 amide bonds. The predicted octanol–water partition coefficient (Wildman–Crippen LogP) is 2.00. The number of amides is 3. The summed E-state index contributed by atoms with van der Waals surface area (Å²) in [7, 11) is 0. The fourth-order valence-corrected chi connectivity index (χ4v) is 2.88. The SMILES string of the molecule is CCCCNC(=O)C(c1ccc(O)c(C)c1)N(CCO)C(=O)CNC(=O)OC(C)(C)C. The summed E-state index contributed by atoms with van der Waals surface area (Å²) in [6.07, 6.45) is 0.915. The number of carbonyl (C=O) groups is 3. The lowest BCUT2D eigenvalue weighted by Gasteiger charge is -2.31. The van der Waals surface area contributed by atoms with E-state index in [0.29, 0.717) is 17.7 Å². The van der Waals surface area contributed by atoms with Gasteiger partial charge in [0.15, 0.2) is 0 Å². The maximum atomic E-state index is 13.0. The van der Waals surface area contributed by atoms with Gasteiger partial charge in [-0.3, -0.25) is 9.59 Å². The summed E-state index contributed by atoms with van der Waals surface area (Å²) in [5.74, 6) is -0.889. The molecule has 4 N–H and O–H groups in total. The standard InChI is InChI=1S/C22H35N3O6/c1-6-7-10-23-20(29)19(16-8-9-17(27)15(2)13-16)25(11-12-26)18(28)14-24-21(30)31-22(3,4)5/h8-9,13,19,26-27H,6-7,10-12,14H2,1-5H3,(H,23,29)(H,24,30). The number of phenolic OH excluding ortho intramolecular Hbond substituents is 1. The van der Waals surface area contributed by atoms with Crippen LogP contribution in [0.25, 0.3) is 0 Å². The van der Waals surface area contributed by atoms with Gasteiger partial charge in [-0.2, -0.15) is 0 Å². The molecule has 0 aliphatic rings. The van der Waals surface area contributed by atoms with E-state index in [1.54, 1.807) is 39.8 Å². The lowest BCUT2D eigenvalue weighted by Crippen LogP contribution is -2.48. The first-order chi connectivity index (χ1) is 14.5. The highest BCUT2D eigenvalue weighted by Gasteiger charge is 2.31. The van der Waals surface area contributed by atoms with Crippen molar-refractivity contribution < 1.29 is 29.3 Å². The van der Waals surface area contributed by atoms with Gasteiger partial charge in [-0.15, -0.1) is 0 Å². The van der Waals surface area contributed by atoms with Crippen LogP contribution < -0.4 is 10.6 Å². The lowest BCUT2D eigenvalue weighted by atomic mass is 10.0. The number of aromatic hydroxyl groups is 1. The summed E-state index contributed by atoms with van der Waals surface area (Å²) in [6, 6.07) is 3.61. The first kappa shape index (κ1) is 26.2. The van der Waals surface area contributed by atoms with Crippen LogP contribution in [0.3, 0.4) is 0 Å². The molecule has 0 saturated heterocycles. The Morgan fingerprint density at radius 3 is 2.42 bits per heavy atom. The molecular formula is C22H35N3O6. The van der Waals surface area contributed by atoms with Crippen molar-refractivity contribution in [1.29, 1.82) is 0 Å². The molecule has 0 bridgehead atoms. The first-order valence-corrected chi connectivity index (χ1v) is 10.4. The minimum atomic E-state index is -1.03. The van der Waals surface area contributed by atoms with Crippen LogP contribution in [0, 0.1) is 6.92 Å². The zero-order valence-electron chi connectivity index (χ0n) is 19.0. The van der Waals surface area contributed by atoms with E-state index in [9.17, 15) is 24.6 Å². The summed E-state index contributed by atoms with van der Waals surface area (Å²) >= 11 is 0. The Morgan fingerprint density at radius 1 is 1.19 bits per heavy atom. The second kappa shape index (κ2) is 12.1. The number of phenols is 1. The van der Waals surface area contributed by atoms with Crippen molar-refractivity contribution in [2.24, 2.45) is 0 Å². The molecular weight excluding hydrogens is 402 g/mol. The first-order valence-electron chi connectivity index (χ1n) is 10.4. The monoisotopic (exact) mass is 437 g/mol. The van der Waals surface area contributed by atoms with Crippen molar-refractivity contribution in [3.05, 3.63) is 29.3 Å². The number of aliphatic hydroxyl groups is 1. The maximum Gasteiger partial charge on any atom is 0.408 e. The molecule has 1 aromatic carbocycles.